The van der Waals surface area contributed by atoms with Gasteiger partial charge in [0, 0.05) is 29.6 Å². The first-order valence-corrected chi connectivity index (χ1v) is 7.82. The fraction of sp³-hybridized carbons (Fsp3) is 0.389. The van der Waals surface area contributed by atoms with Crippen molar-refractivity contribution in [1.82, 2.24) is 10.3 Å². The summed E-state index contributed by atoms with van der Waals surface area (Å²) in [4.78, 5) is 15.2. The van der Waals surface area contributed by atoms with Gasteiger partial charge in [-0.2, -0.15) is 0 Å². The van der Waals surface area contributed by atoms with Gasteiger partial charge in [-0.1, -0.05) is 30.4 Å². The lowest BCUT2D eigenvalue weighted by atomic mass is 10.0. The molecule has 0 fully saturated rings. The average Bonchev–Trinajstić information content (AvgIpc) is 2.92. The molecule has 0 bridgehead atoms. The van der Waals surface area contributed by atoms with Gasteiger partial charge < -0.3 is 10.3 Å². The molecule has 1 unspecified atom stereocenters. The number of para-hydroxylation sites is 1. The molecule has 21 heavy (non-hydrogen) atoms. The number of hydrogen-bond acceptors (Lipinski definition) is 1. The third-order valence-electron chi connectivity index (χ3n) is 4.16. The van der Waals surface area contributed by atoms with Crippen LogP contribution >= 0.6 is 0 Å². The summed E-state index contributed by atoms with van der Waals surface area (Å²) in [7, 11) is 0. The van der Waals surface area contributed by atoms with Crippen LogP contribution < -0.4 is 5.32 Å². The summed E-state index contributed by atoms with van der Waals surface area (Å²) in [5.41, 5.74) is 2.48. The predicted molar refractivity (Wildman–Crippen MR) is 86.2 cm³/mol. The number of benzene rings is 1. The summed E-state index contributed by atoms with van der Waals surface area (Å²) in [6, 6.07) is 8.66. The Morgan fingerprint density at radius 2 is 2.19 bits per heavy atom. The highest BCUT2D eigenvalue weighted by molar-refractivity contribution is 5.83. The number of aromatic nitrogens is 1. The molecule has 0 aliphatic heterocycles. The minimum absolute atomic E-state index is 0.190. The van der Waals surface area contributed by atoms with Crippen LogP contribution in [0.1, 0.15) is 37.7 Å². The number of hydrogen-bond donors (Lipinski definition) is 2. The van der Waals surface area contributed by atoms with Crippen LogP contribution in [0.2, 0.25) is 0 Å². The van der Waals surface area contributed by atoms with Crippen LogP contribution in [0.4, 0.5) is 0 Å². The molecule has 2 aromatic rings. The van der Waals surface area contributed by atoms with Crippen LogP contribution in [-0.4, -0.2) is 16.9 Å². The largest absolute Gasteiger partial charge is 0.361 e. The Balaban J connectivity index is 1.47. The fourth-order valence-corrected chi connectivity index (χ4v) is 3.00. The molecule has 0 radical (unpaired) electrons. The summed E-state index contributed by atoms with van der Waals surface area (Å²) in [5, 5.41) is 4.41. The molecule has 2 N–H and O–H groups in total. The topological polar surface area (TPSA) is 44.9 Å². The first kappa shape index (κ1) is 13.9. The first-order chi connectivity index (χ1) is 10.3. The van der Waals surface area contributed by atoms with E-state index in [4.69, 9.17) is 0 Å². The van der Waals surface area contributed by atoms with E-state index in [0.717, 1.165) is 32.1 Å². The van der Waals surface area contributed by atoms with E-state index >= 15 is 0 Å². The Morgan fingerprint density at radius 1 is 1.29 bits per heavy atom. The van der Waals surface area contributed by atoms with Crippen LogP contribution in [-0.2, 0) is 11.2 Å². The van der Waals surface area contributed by atoms with Crippen molar-refractivity contribution in [2.75, 3.05) is 0 Å². The summed E-state index contributed by atoms with van der Waals surface area (Å²) >= 11 is 0. The van der Waals surface area contributed by atoms with E-state index in [-0.39, 0.29) is 5.91 Å². The summed E-state index contributed by atoms with van der Waals surface area (Å²) in [6.07, 6.45) is 12.0. The zero-order chi connectivity index (χ0) is 14.5. The highest BCUT2D eigenvalue weighted by atomic mass is 16.1. The standard InChI is InChI=1S/C18H22N2O/c21-18(20-15-8-2-1-3-9-15)12-6-7-14-13-19-17-11-5-4-10-16(14)17/h1-2,4-5,10-11,13,15,19H,3,6-9,12H2,(H,20,21). The van der Waals surface area contributed by atoms with Gasteiger partial charge in [-0.25, -0.2) is 0 Å². The third kappa shape index (κ3) is 3.54. The molecule has 1 atom stereocenters. The second-order valence-corrected chi connectivity index (χ2v) is 5.76. The maximum absolute atomic E-state index is 12.0. The van der Waals surface area contributed by atoms with Crippen LogP contribution in [0.15, 0.2) is 42.6 Å². The normalized spacial score (nSPS) is 18.0. The zero-order valence-electron chi connectivity index (χ0n) is 12.3. The minimum Gasteiger partial charge on any atom is -0.361 e. The molecule has 0 saturated heterocycles. The van der Waals surface area contributed by atoms with Gasteiger partial charge in [-0.15, -0.1) is 0 Å². The molecule has 1 aromatic heterocycles. The van der Waals surface area contributed by atoms with Crippen LogP contribution in [0, 0.1) is 0 Å². The smallest absolute Gasteiger partial charge is 0.220 e. The van der Waals surface area contributed by atoms with E-state index in [0.29, 0.717) is 12.5 Å². The van der Waals surface area contributed by atoms with Gasteiger partial charge in [-0.3, -0.25) is 4.79 Å². The van der Waals surface area contributed by atoms with Crippen molar-refractivity contribution in [2.24, 2.45) is 0 Å². The lowest BCUT2D eigenvalue weighted by molar-refractivity contribution is -0.121. The summed E-state index contributed by atoms with van der Waals surface area (Å²) < 4.78 is 0. The van der Waals surface area contributed by atoms with E-state index in [1.165, 1.54) is 16.5 Å². The molecule has 3 nitrogen and oxygen atoms in total. The number of aromatic amines is 1. The van der Waals surface area contributed by atoms with Crippen molar-refractivity contribution in [1.29, 1.82) is 0 Å². The van der Waals surface area contributed by atoms with Crippen LogP contribution in [0.25, 0.3) is 10.9 Å². The van der Waals surface area contributed by atoms with Crippen molar-refractivity contribution < 1.29 is 4.79 Å². The number of rotatable bonds is 5. The van der Waals surface area contributed by atoms with Crippen molar-refractivity contribution in [3.8, 4) is 0 Å². The van der Waals surface area contributed by atoms with E-state index in [2.05, 4.69) is 46.8 Å². The van der Waals surface area contributed by atoms with Gasteiger partial charge in [-0.05, 0) is 43.7 Å². The molecule has 1 aliphatic rings. The molecule has 1 amide bonds. The van der Waals surface area contributed by atoms with Gasteiger partial charge in [0.1, 0.15) is 0 Å². The minimum atomic E-state index is 0.190. The average molecular weight is 282 g/mol. The quantitative estimate of drug-likeness (QED) is 0.807. The number of carbonyl (C=O) groups excluding carboxylic acids is 1. The molecule has 3 rings (SSSR count). The Hall–Kier alpha value is -2.03. The van der Waals surface area contributed by atoms with E-state index < -0.39 is 0 Å². The second kappa shape index (κ2) is 6.61. The second-order valence-electron chi connectivity index (χ2n) is 5.76. The zero-order valence-corrected chi connectivity index (χ0v) is 12.3. The Kier molecular flexibility index (Phi) is 4.39. The summed E-state index contributed by atoms with van der Waals surface area (Å²) in [5.74, 6) is 0.190. The van der Waals surface area contributed by atoms with Crippen molar-refractivity contribution in [3.63, 3.8) is 0 Å². The lowest BCUT2D eigenvalue weighted by Crippen LogP contribution is -2.35. The molecule has 1 heterocycles. The number of carbonyl (C=O) groups is 1. The Labute approximate surface area is 125 Å². The molecular weight excluding hydrogens is 260 g/mol. The van der Waals surface area contributed by atoms with Gasteiger partial charge >= 0.3 is 0 Å². The van der Waals surface area contributed by atoms with Crippen molar-refractivity contribution >= 4 is 16.8 Å². The predicted octanol–water partition coefficient (Wildman–Crippen LogP) is 3.72. The SMILES string of the molecule is O=C(CCCc1c[nH]c2ccccc12)NC1CC=CCC1. The molecule has 110 valence electrons. The lowest BCUT2D eigenvalue weighted by Gasteiger charge is -2.19. The number of nitrogens with one attached hydrogen (secondary N) is 2. The first-order valence-electron chi connectivity index (χ1n) is 7.82. The van der Waals surface area contributed by atoms with Crippen LogP contribution in [0.3, 0.4) is 0 Å². The van der Waals surface area contributed by atoms with E-state index in [1.54, 1.807) is 0 Å². The maximum atomic E-state index is 12.0. The van der Waals surface area contributed by atoms with E-state index in [1.807, 2.05) is 6.07 Å². The Morgan fingerprint density at radius 3 is 3.05 bits per heavy atom. The summed E-state index contributed by atoms with van der Waals surface area (Å²) in [6.45, 7) is 0. The molecular formula is C18H22N2O. The highest BCUT2D eigenvalue weighted by Crippen LogP contribution is 2.19. The molecule has 0 spiro atoms. The maximum Gasteiger partial charge on any atom is 0.220 e. The number of aryl methyl sites for hydroxylation is 1. The van der Waals surface area contributed by atoms with Gasteiger partial charge in [0.2, 0.25) is 5.91 Å². The Bertz CT molecular complexity index is 641. The van der Waals surface area contributed by atoms with Gasteiger partial charge in [0.15, 0.2) is 0 Å². The highest BCUT2D eigenvalue weighted by Gasteiger charge is 2.12. The van der Waals surface area contributed by atoms with Crippen LogP contribution in [0.5, 0.6) is 0 Å². The molecule has 0 saturated carbocycles. The van der Waals surface area contributed by atoms with Crippen molar-refractivity contribution in [3.05, 3.63) is 48.2 Å². The van der Waals surface area contributed by atoms with Gasteiger partial charge in [0.25, 0.3) is 0 Å². The van der Waals surface area contributed by atoms with E-state index in [9.17, 15) is 4.79 Å². The van der Waals surface area contributed by atoms with Crippen molar-refractivity contribution in [2.45, 2.75) is 44.6 Å². The van der Waals surface area contributed by atoms with Gasteiger partial charge in [0.05, 0.1) is 0 Å². The molecule has 1 aliphatic carbocycles. The number of fused-ring (bicyclic) bond motifs is 1. The monoisotopic (exact) mass is 282 g/mol. The third-order valence-corrected chi connectivity index (χ3v) is 4.16. The molecule has 3 heteroatoms. The number of amides is 1. The molecule has 1 aromatic carbocycles. The fourth-order valence-electron chi connectivity index (χ4n) is 3.00. The number of allylic oxidation sites excluding steroid dienone is 1. The number of H-pyrrole nitrogens is 1.